The van der Waals surface area contributed by atoms with E-state index in [-0.39, 0.29) is 85.1 Å². The zero-order chi connectivity index (χ0) is 43.7. The highest BCUT2D eigenvalue weighted by molar-refractivity contribution is 6.04. The Balaban J connectivity index is 1.04. The molecule has 5 rings (SSSR count). The third-order valence-corrected chi connectivity index (χ3v) is 8.64. The zero-order valence-corrected chi connectivity index (χ0v) is 33.3. The number of imidazole rings is 3. The first-order valence-electron chi connectivity index (χ1n) is 18.2. The molecule has 0 aliphatic rings. The Kier molecular flexibility index (Phi) is 13.6. The molecule has 0 saturated carbocycles. The molecule has 0 saturated heterocycles. The molecule has 9 N–H and O–H groups in total. The van der Waals surface area contributed by atoms with E-state index in [0.29, 0.717) is 5.69 Å². The number of aromatic nitrogens is 8. The first-order valence-corrected chi connectivity index (χ1v) is 18.2. The largest absolute Gasteiger partial charge is 0.370 e. The lowest BCUT2D eigenvalue weighted by atomic mass is 10.3. The van der Waals surface area contributed by atoms with Gasteiger partial charge < -0.3 is 65.8 Å². The predicted molar refractivity (Wildman–Crippen MR) is 214 cm³/mol. The van der Waals surface area contributed by atoms with Gasteiger partial charge in [-0.25, -0.2) is 15.0 Å². The molecular formula is C36H44N16O8. The fourth-order valence-electron chi connectivity index (χ4n) is 5.70. The minimum absolute atomic E-state index is 0.00669. The first kappa shape index (κ1) is 43.1. The normalized spacial score (nSPS) is 10.8. The molecule has 24 heteroatoms. The lowest BCUT2D eigenvalue weighted by Crippen LogP contribution is -2.30. The van der Waals surface area contributed by atoms with Crippen LogP contribution in [-0.4, -0.2) is 105 Å². The van der Waals surface area contributed by atoms with Gasteiger partial charge in [-0.3, -0.25) is 38.4 Å². The van der Waals surface area contributed by atoms with Crippen LogP contribution in [0.3, 0.4) is 0 Å². The number of carbonyl (C=O) groups excluding carboxylic acids is 8. The highest BCUT2D eigenvalue weighted by Gasteiger charge is 2.21. The van der Waals surface area contributed by atoms with Gasteiger partial charge in [0.05, 0.1) is 11.4 Å². The number of hydrogen-bond acceptors (Lipinski definition) is 11. The van der Waals surface area contributed by atoms with Crippen molar-refractivity contribution < 1.29 is 38.4 Å². The van der Waals surface area contributed by atoms with Crippen LogP contribution in [0.25, 0.3) is 0 Å². The second-order valence-corrected chi connectivity index (χ2v) is 13.4. The van der Waals surface area contributed by atoms with Gasteiger partial charge in [0.15, 0.2) is 17.5 Å². The van der Waals surface area contributed by atoms with Crippen molar-refractivity contribution >= 4 is 70.3 Å². The van der Waals surface area contributed by atoms with E-state index in [2.05, 4.69) is 52.2 Å². The average molecular weight is 829 g/mol. The fourth-order valence-corrected chi connectivity index (χ4v) is 5.70. The molecule has 0 bridgehead atoms. The molecule has 0 aliphatic carbocycles. The number of carbonyl (C=O) groups is 8. The highest BCUT2D eigenvalue weighted by Crippen LogP contribution is 2.17. The van der Waals surface area contributed by atoms with Gasteiger partial charge in [0.1, 0.15) is 11.4 Å². The van der Waals surface area contributed by atoms with Crippen LogP contribution in [0, 0.1) is 0 Å². The third-order valence-electron chi connectivity index (χ3n) is 8.64. The van der Waals surface area contributed by atoms with Gasteiger partial charge in [-0.2, -0.15) is 0 Å². The quantitative estimate of drug-likeness (QED) is 0.0540. The summed E-state index contributed by atoms with van der Waals surface area (Å²) in [6, 6.07) is 2.93. The Morgan fingerprint density at radius 3 is 1.40 bits per heavy atom. The number of nitrogens with two attached hydrogens (primary N) is 1. The topological polar surface area (TPSA) is 310 Å². The van der Waals surface area contributed by atoms with Crippen molar-refractivity contribution in [1.29, 1.82) is 0 Å². The number of amides is 8. The number of anilines is 4. The Hall–Kier alpha value is -8.05. The molecule has 0 aliphatic heterocycles. The summed E-state index contributed by atoms with van der Waals surface area (Å²) in [5.74, 6) is -3.75. The van der Waals surface area contributed by atoms with Gasteiger partial charge in [-0.1, -0.05) is 0 Å². The molecule has 5 aromatic heterocycles. The van der Waals surface area contributed by atoms with E-state index < -0.39 is 47.3 Å². The lowest BCUT2D eigenvalue weighted by molar-refractivity contribution is -0.118. The maximum atomic E-state index is 13.1. The number of primary amides is 1. The zero-order valence-electron chi connectivity index (χ0n) is 33.3. The Labute approximate surface area is 341 Å². The Morgan fingerprint density at radius 2 is 0.950 bits per heavy atom. The molecule has 0 unspecified atom stereocenters. The second-order valence-electron chi connectivity index (χ2n) is 13.4. The molecule has 0 atom stereocenters. The molecule has 0 spiro atoms. The maximum Gasteiger partial charge on any atom is 0.291 e. The molecule has 5 aromatic rings. The average Bonchev–Trinajstić information content (AvgIpc) is 4.00. The SMILES string of the molecule is Cn1cc(NC(=O)c2nc(NC(=O)CCNC(=O)c3cc(NC(=O)c4nccn4C)cn3C)cn2C)cc1C(=O)NCCC(=O)Nc1cn(C)c(C(=O)NCCC(N)=O)n1. The summed E-state index contributed by atoms with van der Waals surface area (Å²) in [4.78, 5) is 112. The minimum Gasteiger partial charge on any atom is -0.370 e. The molecule has 0 radical (unpaired) electrons. The summed E-state index contributed by atoms with van der Waals surface area (Å²) in [7, 11) is 8.04. The van der Waals surface area contributed by atoms with E-state index in [1.807, 2.05) is 0 Å². The van der Waals surface area contributed by atoms with Gasteiger partial charge >= 0.3 is 0 Å². The highest BCUT2D eigenvalue weighted by atomic mass is 16.2. The van der Waals surface area contributed by atoms with E-state index >= 15 is 0 Å². The molecule has 24 nitrogen and oxygen atoms in total. The number of hydrogen-bond donors (Lipinski definition) is 8. The summed E-state index contributed by atoms with van der Waals surface area (Å²) in [6.07, 6.45) is 8.83. The van der Waals surface area contributed by atoms with Crippen LogP contribution in [0.1, 0.15) is 72.1 Å². The van der Waals surface area contributed by atoms with Crippen molar-refractivity contribution in [3.63, 3.8) is 0 Å². The van der Waals surface area contributed by atoms with Crippen LogP contribution in [0.4, 0.5) is 23.0 Å². The minimum atomic E-state index is -0.627. The van der Waals surface area contributed by atoms with E-state index in [0.717, 1.165) is 0 Å². The van der Waals surface area contributed by atoms with E-state index in [1.165, 1.54) is 55.2 Å². The van der Waals surface area contributed by atoms with Crippen LogP contribution >= 0.6 is 0 Å². The van der Waals surface area contributed by atoms with Crippen molar-refractivity contribution in [3.05, 3.63) is 78.2 Å². The van der Waals surface area contributed by atoms with Crippen molar-refractivity contribution in [2.45, 2.75) is 19.3 Å². The summed E-state index contributed by atoms with van der Waals surface area (Å²) in [5, 5.41) is 18.3. The van der Waals surface area contributed by atoms with Crippen molar-refractivity contribution in [3.8, 4) is 0 Å². The summed E-state index contributed by atoms with van der Waals surface area (Å²) >= 11 is 0. The van der Waals surface area contributed by atoms with Crippen LogP contribution in [0.15, 0.2) is 49.3 Å². The Bertz CT molecular complexity index is 2470. The predicted octanol–water partition coefficient (Wildman–Crippen LogP) is -0.809. The van der Waals surface area contributed by atoms with E-state index in [4.69, 9.17) is 5.73 Å². The van der Waals surface area contributed by atoms with E-state index in [1.54, 1.807) is 52.2 Å². The van der Waals surface area contributed by atoms with Crippen molar-refractivity contribution in [2.24, 2.45) is 41.0 Å². The van der Waals surface area contributed by atoms with Crippen LogP contribution in [-0.2, 0) is 49.6 Å². The lowest BCUT2D eigenvalue weighted by Gasteiger charge is -2.06. The fraction of sp³-hybridized carbons (Fsp3) is 0.306. The van der Waals surface area contributed by atoms with Gasteiger partial charge in [0.25, 0.3) is 29.5 Å². The summed E-state index contributed by atoms with van der Waals surface area (Å²) in [5.41, 5.74) is 6.18. The monoisotopic (exact) mass is 828 g/mol. The smallest absolute Gasteiger partial charge is 0.291 e. The number of aryl methyl sites for hydroxylation is 5. The number of nitrogens with one attached hydrogen (secondary N) is 7. The molecule has 5 heterocycles. The van der Waals surface area contributed by atoms with Crippen molar-refractivity contribution in [1.82, 2.24) is 53.7 Å². The molecule has 0 aromatic carbocycles. The van der Waals surface area contributed by atoms with E-state index in [9.17, 15) is 38.4 Å². The first-order chi connectivity index (χ1) is 28.5. The summed E-state index contributed by atoms with van der Waals surface area (Å²) < 4.78 is 7.38. The van der Waals surface area contributed by atoms with Crippen LogP contribution in [0.2, 0.25) is 0 Å². The van der Waals surface area contributed by atoms with Gasteiger partial charge in [0.2, 0.25) is 29.4 Å². The molecule has 60 heavy (non-hydrogen) atoms. The molecule has 0 fully saturated rings. The summed E-state index contributed by atoms with van der Waals surface area (Å²) in [6.45, 7) is -0.0196. The van der Waals surface area contributed by atoms with Crippen LogP contribution in [0.5, 0.6) is 0 Å². The molecule has 8 amide bonds. The number of nitrogens with zero attached hydrogens (tertiary/aromatic N) is 8. The van der Waals surface area contributed by atoms with Gasteiger partial charge in [-0.05, 0) is 12.1 Å². The Morgan fingerprint density at radius 1 is 0.517 bits per heavy atom. The third kappa shape index (κ3) is 11.1. The van der Waals surface area contributed by atoms with Gasteiger partial charge in [-0.15, -0.1) is 0 Å². The van der Waals surface area contributed by atoms with Gasteiger partial charge in [0, 0.05) is 111 Å². The second kappa shape index (κ2) is 18.9. The molecular weight excluding hydrogens is 784 g/mol. The standard InChI is InChI=1S/C36H44N16O8/c1-48-13-12-38-29(48)35(59)42-20-14-22(49(2)16-20)32(56)39-11-8-28(55)45-26-19-52(5)31(47-26)36(60)43-21-15-23(50(3)17-21)33(57)40-10-7-27(54)44-25-18-51(4)30(46-25)34(58)41-9-6-24(37)53/h12-19H,6-11H2,1-5H3,(H2,37,53)(H,39,56)(H,40,57)(H,41,58)(H,42,59)(H,43,60)(H,44,54)(H,45,55). The van der Waals surface area contributed by atoms with Crippen LogP contribution < -0.4 is 43.0 Å². The number of rotatable bonds is 18. The van der Waals surface area contributed by atoms with Crippen molar-refractivity contribution in [2.75, 3.05) is 40.9 Å². The molecule has 316 valence electrons. The maximum absolute atomic E-state index is 13.1.